The number of unbranched alkanes of at least 4 members (excludes halogenated alkanes) is 1. The van der Waals surface area contributed by atoms with E-state index in [0.29, 0.717) is 0 Å². The Morgan fingerprint density at radius 2 is 1.82 bits per heavy atom. The SMILES string of the molecule is CCCC1OC(=O)C1CCCCc1ccc2ccccc2c1. The maximum atomic E-state index is 11.5. The second-order valence-corrected chi connectivity index (χ2v) is 6.30. The van der Waals surface area contributed by atoms with E-state index in [4.69, 9.17) is 4.74 Å². The molecule has 0 saturated carbocycles. The first-order valence-corrected chi connectivity index (χ1v) is 8.46. The fourth-order valence-corrected chi connectivity index (χ4v) is 3.33. The molecule has 2 atom stereocenters. The number of aryl methyl sites for hydroxylation is 1. The molecule has 1 heterocycles. The molecular formula is C20H24O2. The van der Waals surface area contributed by atoms with Crippen LogP contribution in [-0.2, 0) is 16.0 Å². The van der Waals surface area contributed by atoms with Gasteiger partial charge in [0.1, 0.15) is 6.10 Å². The molecule has 1 aliphatic heterocycles. The zero-order chi connectivity index (χ0) is 15.4. The van der Waals surface area contributed by atoms with E-state index < -0.39 is 0 Å². The number of hydrogen-bond acceptors (Lipinski definition) is 2. The Balaban J connectivity index is 1.47. The Labute approximate surface area is 132 Å². The lowest BCUT2D eigenvalue weighted by Gasteiger charge is -2.35. The van der Waals surface area contributed by atoms with Crippen LogP contribution in [0.25, 0.3) is 10.8 Å². The van der Waals surface area contributed by atoms with Crippen molar-refractivity contribution in [1.29, 1.82) is 0 Å². The van der Waals surface area contributed by atoms with Gasteiger partial charge in [0, 0.05) is 0 Å². The molecule has 2 nitrogen and oxygen atoms in total. The van der Waals surface area contributed by atoms with Crippen LogP contribution in [0, 0.1) is 5.92 Å². The molecule has 0 bridgehead atoms. The minimum atomic E-state index is 0.0177. The molecule has 1 aliphatic rings. The maximum Gasteiger partial charge on any atom is 0.313 e. The van der Waals surface area contributed by atoms with Gasteiger partial charge in [-0.25, -0.2) is 0 Å². The monoisotopic (exact) mass is 296 g/mol. The van der Waals surface area contributed by atoms with Crippen molar-refractivity contribution in [3.05, 3.63) is 48.0 Å². The first-order chi connectivity index (χ1) is 10.8. The van der Waals surface area contributed by atoms with Crippen LogP contribution in [0.4, 0.5) is 0 Å². The largest absolute Gasteiger partial charge is 0.461 e. The summed E-state index contributed by atoms with van der Waals surface area (Å²) in [5.41, 5.74) is 1.39. The zero-order valence-corrected chi connectivity index (χ0v) is 13.3. The van der Waals surface area contributed by atoms with Gasteiger partial charge in [0.2, 0.25) is 0 Å². The van der Waals surface area contributed by atoms with Crippen molar-refractivity contribution in [2.24, 2.45) is 5.92 Å². The number of hydrogen-bond donors (Lipinski definition) is 0. The second kappa shape index (κ2) is 6.95. The predicted molar refractivity (Wildman–Crippen MR) is 89.8 cm³/mol. The quantitative estimate of drug-likeness (QED) is 0.537. The summed E-state index contributed by atoms with van der Waals surface area (Å²) in [4.78, 5) is 11.5. The third-order valence-electron chi connectivity index (χ3n) is 4.64. The van der Waals surface area contributed by atoms with Crippen molar-refractivity contribution in [2.75, 3.05) is 0 Å². The second-order valence-electron chi connectivity index (χ2n) is 6.30. The highest BCUT2D eigenvalue weighted by atomic mass is 16.6. The number of esters is 1. The van der Waals surface area contributed by atoms with Crippen LogP contribution in [-0.4, -0.2) is 12.1 Å². The average molecular weight is 296 g/mol. The van der Waals surface area contributed by atoms with Gasteiger partial charge in [-0.15, -0.1) is 0 Å². The Bertz CT molecular complexity index is 647. The first kappa shape index (κ1) is 15.1. The van der Waals surface area contributed by atoms with Gasteiger partial charge in [-0.05, 0) is 42.0 Å². The first-order valence-electron chi connectivity index (χ1n) is 8.46. The average Bonchev–Trinajstić information content (AvgIpc) is 2.54. The van der Waals surface area contributed by atoms with E-state index in [1.165, 1.54) is 16.3 Å². The minimum Gasteiger partial charge on any atom is -0.461 e. The molecule has 0 amide bonds. The van der Waals surface area contributed by atoms with Crippen LogP contribution >= 0.6 is 0 Å². The number of carbonyl (C=O) groups excluding carboxylic acids is 1. The Hall–Kier alpha value is -1.83. The number of ether oxygens (including phenoxy) is 1. The molecular weight excluding hydrogens is 272 g/mol. The van der Waals surface area contributed by atoms with E-state index in [-0.39, 0.29) is 18.0 Å². The third-order valence-corrected chi connectivity index (χ3v) is 4.64. The summed E-state index contributed by atoms with van der Waals surface area (Å²) in [6.07, 6.45) is 6.61. The van der Waals surface area contributed by atoms with Gasteiger partial charge in [-0.3, -0.25) is 4.79 Å². The van der Waals surface area contributed by atoms with Gasteiger partial charge in [-0.2, -0.15) is 0 Å². The van der Waals surface area contributed by atoms with Gasteiger partial charge in [0.05, 0.1) is 5.92 Å². The molecule has 1 saturated heterocycles. The summed E-state index contributed by atoms with van der Waals surface area (Å²) < 4.78 is 5.22. The molecule has 1 fully saturated rings. The third kappa shape index (κ3) is 3.32. The van der Waals surface area contributed by atoms with Crippen LogP contribution in [0.3, 0.4) is 0 Å². The summed E-state index contributed by atoms with van der Waals surface area (Å²) in [5, 5.41) is 2.61. The molecule has 116 valence electrons. The Morgan fingerprint density at radius 1 is 1.00 bits per heavy atom. The van der Waals surface area contributed by atoms with Gasteiger partial charge >= 0.3 is 5.97 Å². The molecule has 2 aromatic carbocycles. The normalized spacial score (nSPS) is 20.7. The maximum absolute atomic E-state index is 11.5. The molecule has 22 heavy (non-hydrogen) atoms. The number of benzene rings is 2. The standard InChI is InChI=1S/C20H24O2/c1-2-7-19-18(20(21)22-19)11-6-3-8-15-12-13-16-9-4-5-10-17(16)14-15/h4-5,9-10,12-14,18-19H,2-3,6-8,11H2,1H3. The van der Waals surface area contributed by atoms with E-state index in [0.717, 1.165) is 38.5 Å². The van der Waals surface area contributed by atoms with Crippen molar-refractivity contribution >= 4 is 16.7 Å². The van der Waals surface area contributed by atoms with E-state index in [1.807, 2.05) is 0 Å². The van der Waals surface area contributed by atoms with Crippen molar-refractivity contribution in [3.8, 4) is 0 Å². The number of fused-ring (bicyclic) bond motifs is 1. The van der Waals surface area contributed by atoms with Crippen molar-refractivity contribution in [1.82, 2.24) is 0 Å². The van der Waals surface area contributed by atoms with Gasteiger partial charge in [-0.1, -0.05) is 62.2 Å². The van der Waals surface area contributed by atoms with Gasteiger partial charge in [0.25, 0.3) is 0 Å². The topological polar surface area (TPSA) is 26.3 Å². The van der Waals surface area contributed by atoms with Crippen molar-refractivity contribution in [3.63, 3.8) is 0 Å². The molecule has 2 unspecified atom stereocenters. The lowest BCUT2D eigenvalue weighted by molar-refractivity contribution is -0.186. The predicted octanol–water partition coefficient (Wildman–Crippen LogP) is 4.89. The lowest BCUT2D eigenvalue weighted by Crippen LogP contribution is -2.44. The fourth-order valence-electron chi connectivity index (χ4n) is 3.33. The van der Waals surface area contributed by atoms with E-state index in [1.54, 1.807) is 0 Å². The van der Waals surface area contributed by atoms with Crippen LogP contribution in [0.5, 0.6) is 0 Å². The smallest absolute Gasteiger partial charge is 0.313 e. The summed E-state index contributed by atoms with van der Waals surface area (Å²) >= 11 is 0. The minimum absolute atomic E-state index is 0.0177. The van der Waals surface area contributed by atoms with Crippen LogP contribution in [0.2, 0.25) is 0 Å². The number of carbonyl (C=O) groups is 1. The van der Waals surface area contributed by atoms with Crippen LogP contribution in [0.15, 0.2) is 42.5 Å². The summed E-state index contributed by atoms with van der Waals surface area (Å²) in [5.74, 6) is 0.181. The Morgan fingerprint density at radius 3 is 2.59 bits per heavy atom. The number of rotatable bonds is 7. The van der Waals surface area contributed by atoms with Crippen molar-refractivity contribution in [2.45, 2.75) is 51.6 Å². The van der Waals surface area contributed by atoms with E-state index in [2.05, 4.69) is 49.4 Å². The zero-order valence-electron chi connectivity index (χ0n) is 13.3. The molecule has 0 aromatic heterocycles. The van der Waals surface area contributed by atoms with Crippen LogP contribution < -0.4 is 0 Å². The molecule has 0 aliphatic carbocycles. The molecule has 0 spiro atoms. The number of cyclic esters (lactones) is 1. The van der Waals surface area contributed by atoms with Crippen LogP contribution in [0.1, 0.15) is 44.6 Å². The lowest BCUT2D eigenvalue weighted by atomic mass is 9.88. The summed E-state index contributed by atoms with van der Waals surface area (Å²) in [6.45, 7) is 2.14. The summed E-state index contributed by atoms with van der Waals surface area (Å²) in [6, 6.07) is 15.2. The molecule has 0 N–H and O–H groups in total. The molecule has 0 radical (unpaired) electrons. The molecule has 3 rings (SSSR count). The fraction of sp³-hybridized carbons (Fsp3) is 0.450. The Kier molecular flexibility index (Phi) is 4.77. The molecule has 2 heteroatoms. The highest BCUT2D eigenvalue weighted by Gasteiger charge is 2.40. The van der Waals surface area contributed by atoms with E-state index >= 15 is 0 Å². The van der Waals surface area contributed by atoms with E-state index in [9.17, 15) is 4.79 Å². The van der Waals surface area contributed by atoms with Gasteiger partial charge < -0.3 is 4.74 Å². The van der Waals surface area contributed by atoms with Crippen molar-refractivity contribution < 1.29 is 9.53 Å². The summed E-state index contributed by atoms with van der Waals surface area (Å²) in [7, 11) is 0. The molecule has 2 aromatic rings. The highest BCUT2D eigenvalue weighted by Crippen LogP contribution is 2.30. The van der Waals surface area contributed by atoms with Gasteiger partial charge in [0.15, 0.2) is 0 Å². The highest BCUT2D eigenvalue weighted by molar-refractivity contribution is 5.83.